The second-order valence-electron chi connectivity index (χ2n) is 6.92. The van der Waals surface area contributed by atoms with Crippen LogP contribution in [0.3, 0.4) is 0 Å². The van der Waals surface area contributed by atoms with Crippen LogP contribution in [-0.4, -0.2) is 46.3 Å². The standard InChI is InChI=1S/C17H23N3O3S/c1-17(2)15(22)20(16(23)18-17)9-4-6-14(21)19-8-3-5-13(19)12-7-10-24-11-12/h7,10-11,13H,3-6,8-9H2,1-2H3,(H,18,23)/t13-/m1/s1. The van der Waals surface area contributed by atoms with Crippen LogP contribution in [0.5, 0.6) is 0 Å². The summed E-state index contributed by atoms with van der Waals surface area (Å²) in [4.78, 5) is 39.7. The van der Waals surface area contributed by atoms with Gasteiger partial charge in [-0.05, 0) is 55.5 Å². The second kappa shape index (κ2) is 6.55. The van der Waals surface area contributed by atoms with E-state index in [0.717, 1.165) is 19.4 Å². The van der Waals surface area contributed by atoms with Crippen molar-refractivity contribution in [2.75, 3.05) is 13.1 Å². The number of imide groups is 1. The Morgan fingerprint density at radius 2 is 2.21 bits per heavy atom. The molecule has 7 heteroatoms. The molecule has 130 valence electrons. The van der Waals surface area contributed by atoms with Gasteiger partial charge in [-0.1, -0.05) is 0 Å². The van der Waals surface area contributed by atoms with Gasteiger partial charge in [-0.25, -0.2) is 4.79 Å². The van der Waals surface area contributed by atoms with E-state index in [9.17, 15) is 14.4 Å². The molecule has 2 aliphatic rings. The number of hydrogen-bond acceptors (Lipinski definition) is 4. The van der Waals surface area contributed by atoms with Crippen molar-refractivity contribution in [3.63, 3.8) is 0 Å². The van der Waals surface area contributed by atoms with Crippen molar-refractivity contribution in [1.82, 2.24) is 15.1 Å². The SMILES string of the molecule is CC1(C)NC(=O)N(CCCC(=O)N2CCC[C@@H]2c2ccsc2)C1=O. The number of thiophene rings is 1. The van der Waals surface area contributed by atoms with E-state index in [1.807, 2.05) is 10.3 Å². The highest BCUT2D eigenvalue weighted by Gasteiger charge is 2.43. The number of likely N-dealkylation sites (tertiary alicyclic amines) is 1. The smallest absolute Gasteiger partial charge is 0.325 e. The maximum Gasteiger partial charge on any atom is 0.325 e. The number of rotatable bonds is 5. The third kappa shape index (κ3) is 3.17. The van der Waals surface area contributed by atoms with Gasteiger partial charge in [-0.15, -0.1) is 0 Å². The van der Waals surface area contributed by atoms with Crippen LogP contribution in [0.1, 0.15) is 51.1 Å². The van der Waals surface area contributed by atoms with Crippen LogP contribution < -0.4 is 5.32 Å². The molecule has 4 amide bonds. The quantitative estimate of drug-likeness (QED) is 0.831. The van der Waals surface area contributed by atoms with Gasteiger partial charge in [0.25, 0.3) is 5.91 Å². The summed E-state index contributed by atoms with van der Waals surface area (Å²) in [6, 6.07) is 1.89. The summed E-state index contributed by atoms with van der Waals surface area (Å²) in [6.45, 7) is 4.45. The minimum absolute atomic E-state index is 0.106. The van der Waals surface area contributed by atoms with E-state index in [4.69, 9.17) is 0 Å². The molecule has 0 bridgehead atoms. The molecule has 0 spiro atoms. The lowest BCUT2D eigenvalue weighted by molar-refractivity contribution is -0.133. The van der Waals surface area contributed by atoms with Crippen LogP contribution >= 0.6 is 11.3 Å². The van der Waals surface area contributed by atoms with E-state index in [2.05, 4.69) is 16.8 Å². The highest BCUT2D eigenvalue weighted by atomic mass is 32.1. The van der Waals surface area contributed by atoms with E-state index < -0.39 is 5.54 Å². The first-order valence-corrected chi connectivity index (χ1v) is 9.30. The molecule has 0 aliphatic carbocycles. The minimum Gasteiger partial charge on any atom is -0.336 e. The summed E-state index contributed by atoms with van der Waals surface area (Å²) in [5.74, 6) is -0.118. The molecule has 24 heavy (non-hydrogen) atoms. The van der Waals surface area contributed by atoms with E-state index in [1.54, 1.807) is 25.2 Å². The number of nitrogens with one attached hydrogen (secondary N) is 1. The van der Waals surface area contributed by atoms with Gasteiger partial charge in [0.1, 0.15) is 5.54 Å². The molecule has 2 aliphatic heterocycles. The first-order valence-electron chi connectivity index (χ1n) is 8.36. The summed E-state index contributed by atoms with van der Waals surface area (Å²) in [5.41, 5.74) is 0.363. The molecule has 1 atom stereocenters. The number of carbonyl (C=O) groups is 3. The normalized spacial score (nSPS) is 23.0. The van der Waals surface area contributed by atoms with Crippen LogP contribution in [0, 0.1) is 0 Å². The largest absolute Gasteiger partial charge is 0.336 e. The Bertz CT molecular complexity index is 642. The molecule has 2 saturated heterocycles. The van der Waals surface area contributed by atoms with Crippen LogP contribution in [-0.2, 0) is 9.59 Å². The van der Waals surface area contributed by atoms with Gasteiger partial charge in [-0.2, -0.15) is 11.3 Å². The number of carbonyl (C=O) groups excluding carboxylic acids is 3. The summed E-state index contributed by atoms with van der Waals surface area (Å²) in [5, 5.41) is 6.80. The number of nitrogens with zero attached hydrogens (tertiary/aromatic N) is 2. The fourth-order valence-electron chi connectivity index (χ4n) is 3.43. The number of hydrogen-bond donors (Lipinski definition) is 1. The predicted octanol–water partition coefficient (Wildman–Crippen LogP) is 2.52. The second-order valence-corrected chi connectivity index (χ2v) is 7.70. The van der Waals surface area contributed by atoms with E-state index in [-0.39, 0.29) is 30.4 Å². The van der Waals surface area contributed by atoms with E-state index in [1.165, 1.54) is 10.5 Å². The number of amides is 4. The van der Waals surface area contributed by atoms with E-state index in [0.29, 0.717) is 12.8 Å². The molecule has 1 aromatic heterocycles. The zero-order valence-corrected chi connectivity index (χ0v) is 14.9. The molecule has 2 fully saturated rings. The van der Waals surface area contributed by atoms with Crippen LogP contribution in [0.2, 0.25) is 0 Å². The van der Waals surface area contributed by atoms with Gasteiger partial charge in [0.2, 0.25) is 5.91 Å². The molecule has 3 heterocycles. The van der Waals surface area contributed by atoms with Crippen molar-refractivity contribution >= 4 is 29.2 Å². The van der Waals surface area contributed by atoms with Gasteiger partial charge in [-0.3, -0.25) is 14.5 Å². The van der Waals surface area contributed by atoms with Gasteiger partial charge in [0, 0.05) is 19.5 Å². The van der Waals surface area contributed by atoms with Crippen molar-refractivity contribution in [3.8, 4) is 0 Å². The zero-order valence-electron chi connectivity index (χ0n) is 14.1. The molecule has 0 radical (unpaired) electrons. The highest BCUT2D eigenvalue weighted by Crippen LogP contribution is 2.33. The third-order valence-electron chi connectivity index (χ3n) is 4.72. The van der Waals surface area contributed by atoms with Crippen molar-refractivity contribution in [3.05, 3.63) is 22.4 Å². The van der Waals surface area contributed by atoms with Crippen molar-refractivity contribution < 1.29 is 14.4 Å². The summed E-state index contributed by atoms with van der Waals surface area (Å²) >= 11 is 1.65. The maximum absolute atomic E-state index is 12.5. The molecular weight excluding hydrogens is 326 g/mol. The lowest BCUT2D eigenvalue weighted by atomic mass is 10.1. The first kappa shape index (κ1) is 17.0. The molecule has 1 N–H and O–H groups in total. The molecular formula is C17H23N3O3S. The fourth-order valence-corrected chi connectivity index (χ4v) is 4.14. The van der Waals surface area contributed by atoms with Gasteiger partial charge < -0.3 is 10.2 Å². The Morgan fingerprint density at radius 3 is 2.83 bits per heavy atom. The Hall–Kier alpha value is -1.89. The summed E-state index contributed by atoms with van der Waals surface area (Å²) in [7, 11) is 0. The molecule has 3 rings (SSSR count). The Morgan fingerprint density at radius 1 is 1.42 bits per heavy atom. The average molecular weight is 349 g/mol. The predicted molar refractivity (Wildman–Crippen MR) is 91.6 cm³/mol. The number of urea groups is 1. The van der Waals surface area contributed by atoms with Crippen LogP contribution in [0.25, 0.3) is 0 Å². The molecule has 0 saturated carbocycles. The monoisotopic (exact) mass is 349 g/mol. The molecule has 0 unspecified atom stereocenters. The van der Waals surface area contributed by atoms with Crippen molar-refractivity contribution in [1.29, 1.82) is 0 Å². The lowest BCUT2D eigenvalue weighted by Gasteiger charge is -2.24. The van der Waals surface area contributed by atoms with Crippen LogP contribution in [0.15, 0.2) is 16.8 Å². The zero-order chi connectivity index (χ0) is 17.3. The molecule has 1 aromatic rings. The summed E-state index contributed by atoms with van der Waals surface area (Å²) in [6.07, 6.45) is 2.89. The van der Waals surface area contributed by atoms with Crippen molar-refractivity contribution in [2.24, 2.45) is 0 Å². The molecule has 6 nitrogen and oxygen atoms in total. The van der Waals surface area contributed by atoms with Gasteiger partial charge in [0.05, 0.1) is 6.04 Å². The van der Waals surface area contributed by atoms with Gasteiger partial charge >= 0.3 is 6.03 Å². The van der Waals surface area contributed by atoms with Crippen molar-refractivity contribution in [2.45, 2.75) is 51.1 Å². The van der Waals surface area contributed by atoms with Crippen LogP contribution in [0.4, 0.5) is 4.79 Å². The minimum atomic E-state index is -0.847. The summed E-state index contributed by atoms with van der Waals surface area (Å²) < 4.78 is 0. The topological polar surface area (TPSA) is 69.7 Å². The molecule has 0 aromatic carbocycles. The maximum atomic E-state index is 12.5. The fraction of sp³-hybridized carbons (Fsp3) is 0.588. The first-order chi connectivity index (χ1) is 11.4. The average Bonchev–Trinajstić information content (AvgIpc) is 3.22. The van der Waals surface area contributed by atoms with Gasteiger partial charge in [0.15, 0.2) is 0 Å². The lowest BCUT2D eigenvalue weighted by Crippen LogP contribution is -2.40. The Balaban J connectivity index is 1.53. The Kier molecular flexibility index (Phi) is 4.62. The Labute approximate surface area is 145 Å². The third-order valence-corrected chi connectivity index (χ3v) is 5.42. The van der Waals surface area contributed by atoms with E-state index >= 15 is 0 Å². The highest BCUT2D eigenvalue weighted by molar-refractivity contribution is 7.08.